The SMILES string of the molecule is CCC1=NC2(CCN(C(=O)C(CC)N3Cc4ccccc4C3=O)CC2)C(=O)N1. The fourth-order valence-electron chi connectivity index (χ4n) is 4.46. The topological polar surface area (TPSA) is 82.1 Å². The number of benzene rings is 1. The van der Waals surface area contributed by atoms with E-state index in [9.17, 15) is 14.4 Å². The molecule has 148 valence electrons. The molecule has 1 aromatic carbocycles. The second-order valence-electron chi connectivity index (χ2n) is 7.74. The van der Waals surface area contributed by atoms with Crippen LogP contribution in [0.3, 0.4) is 0 Å². The van der Waals surface area contributed by atoms with Gasteiger partial charge < -0.3 is 15.1 Å². The Kier molecular flexibility index (Phi) is 4.69. The molecular weight excluding hydrogens is 356 g/mol. The molecule has 3 amide bonds. The summed E-state index contributed by atoms with van der Waals surface area (Å²) in [4.78, 5) is 46.5. The first-order valence-electron chi connectivity index (χ1n) is 10.1. The molecule has 1 unspecified atom stereocenters. The molecule has 1 spiro atoms. The van der Waals surface area contributed by atoms with Gasteiger partial charge in [0.2, 0.25) is 5.91 Å². The van der Waals surface area contributed by atoms with Crippen molar-refractivity contribution < 1.29 is 14.4 Å². The van der Waals surface area contributed by atoms with Gasteiger partial charge >= 0.3 is 0 Å². The molecule has 7 heteroatoms. The number of nitrogens with one attached hydrogen (secondary N) is 1. The van der Waals surface area contributed by atoms with Gasteiger partial charge in [-0.05, 0) is 30.9 Å². The molecule has 28 heavy (non-hydrogen) atoms. The summed E-state index contributed by atoms with van der Waals surface area (Å²) in [5.74, 6) is 0.582. The van der Waals surface area contributed by atoms with Gasteiger partial charge in [0.25, 0.3) is 11.8 Å². The van der Waals surface area contributed by atoms with Gasteiger partial charge in [0.15, 0.2) is 0 Å². The minimum atomic E-state index is -0.719. The van der Waals surface area contributed by atoms with E-state index in [1.54, 1.807) is 9.80 Å². The second kappa shape index (κ2) is 7.04. The molecule has 4 rings (SSSR count). The van der Waals surface area contributed by atoms with Gasteiger partial charge in [-0.2, -0.15) is 0 Å². The first-order valence-corrected chi connectivity index (χ1v) is 10.1. The van der Waals surface area contributed by atoms with Crippen LogP contribution in [0.2, 0.25) is 0 Å². The van der Waals surface area contributed by atoms with E-state index in [-0.39, 0.29) is 17.7 Å². The van der Waals surface area contributed by atoms with E-state index >= 15 is 0 Å². The molecule has 7 nitrogen and oxygen atoms in total. The number of hydrogen-bond acceptors (Lipinski definition) is 4. The average molecular weight is 382 g/mol. The van der Waals surface area contributed by atoms with Crippen LogP contribution >= 0.6 is 0 Å². The Morgan fingerprint density at radius 1 is 1.21 bits per heavy atom. The molecule has 0 aliphatic carbocycles. The van der Waals surface area contributed by atoms with Crippen LogP contribution in [0.5, 0.6) is 0 Å². The molecule has 3 aliphatic heterocycles. The van der Waals surface area contributed by atoms with Gasteiger partial charge in [0.1, 0.15) is 17.4 Å². The van der Waals surface area contributed by atoms with Crippen LogP contribution in [0, 0.1) is 0 Å². The minimum absolute atomic E-state index is 0.0309. The van der Waals surface area contributed by atoms with Crippen LogP contribution in [-0.2, 0) is 16.1 Å². The zero-order chi connectivity index (χ0) is 19.9. The molecular formula is C21H26N4O3. The monoisotopic (exact) mass is 382 g/mol. The zero-order valence-corrected chi connectivity index (χ0v) is 16.4. The van der Waals surface area contributed by atoms with Crippen molar-refractivity contribution in [1.82, 2.24) is 15.1 Å². The standard InChI is InChI=1S/C21H26N4O3/c1-3-16(25-13-14-7-5-6-8-15(14)18(25)26)19(27)24-11-9-21(10-12-24)20(28)22-17(4-2)23-21/h5-8,16H,3-4,9-13H2,1-2H3,(H,22,23,28). The maximum Gasteiger partial charge on any atom is 0.255 e. The molecule has 3 heterocycles. The summed E-state index contributed by atoms with van der Waals surface area (Å²) in [5, 5.41) is 2.86. The Morgan fingerprint density at radius 3 is 2.54 bits per heavy atom. The van der Waals surface area contributed by atoms with Crippen molar-refractivity contribution in [2.45, 2.75) is 57.7 Å². The summed E-state index contributed by atoms with van der Waals surface area (Å²) >= 11 is 0. The Labute approximate surface area is 164 Å². The summed E-state index contributed by atoms with van der Waals surface area (Å²) in [6, 6.07) is 7.06. The molecule has 3 aliphatic rings. The van der Waals surface area contributed by atoms with Gasteiger partial charge in [-0.1, -0.05) is 32.0 Å². The molecule has 1 saturated heterocycles. The summed E-state index contributed by atoms with van der Waals surface area (Å²) in [6.07, 6.45) is 2.32. The average Bonchev–Trinajstić information content (AvgIpc) is 3.21. The lowest BCUT2D eigenvalue weighted by Crippen LogP contribution is -2.55. The summed E-state index contributed by atoms with van der Waals surface area (Å²) in [6.45, 7) is 5.35. The number of carbonyl (C=O) groups excluding carboxylic acids is 3. The summed E-state index contributed by atoms with van der Waals surface area (Å²) in [5.41, 5.74) is 0.944. The maximum atomic E-state index is 13.2. The van der Waals surface area contributed by atoms with Crippen LogP contribution in [0.25, 0.3) is 0 Å². The fraction of sp³-hybridized carbons (Fsp3) is 0.524. The second-order valence-corrected chi connectivity index (χ2v) is 7.74. The van der Waals surface area contributed by atoms with Crippen molar-refractivity contribution in [2.75, 3.05) is 13.1 Å². The van der Waals surface area contributed by atoms with Gasteiger partial charge in [-0.25, -0.2) is 0 Å². The number of hydrogen-bond donors (Lipinski definition) is 1. The van der Waals surface area contributed by atoms with Crippen molar-refractivity contribution in [3.8, 4) is 0 Å². The van der Waals surface area contributed by atoms with Crippen LogP contribution in [-0.4, -0.2) is 58.0 Å². The van der Waals surface area contributed by atoms with Gasteiger partial charge in [0, 0.05) is 31.6 Å². The number of nitrogens with zero attached hydrogens (tertiary/aromatic N) is 3. The van der Waals surface area contributed by atoms with Crippen molar-refractivity contribution >= 4 is 23.6 Å². The molecule has 1 N–H and O–H groups in total. The number of amidine groups is 1. The number of fused-ring (bicyclic) bond motifs is 1. The molecule has 0 aromatic heterocycles. The third kappa shape index (κ3) is 2.89. The minimum Gasteiger partial charge on any atom is -0.341 e. The van der Waals surface area contributed by atoms with Crippen LogP contribution < -0.4 is 5.32 Å². The molecule has 1 fully saturated rings. The lowest BCUT2D eigenvalue weighted by Gasteiger charge is -2.38. The number of rotatable bonds is 4. The van der Waals surface area contributed by atoms with E-state index in [1.165, 1.54) is 0 Å². The Hall–Kier alpha value is -2.70. The molecule has 0 radical (unpaired) electrons. The Balaban J connectivity index is 1.46. The third-order valence-electron chi connectivity index (χ3n) is 6.16. The molecule has 0 saturated carbocycles. The van der Waals surface area contributed by atoms with E-state index in [0.29, 0.717) is 50.9 Å². The number of carbonyl (C=O) groups is 3. The van der Waals surface area contributed by atoms with E-state index in [4.69, 9.17) is 0 Å². The predicted molar refractivity (Wildman–Crippen MR) is 105 cm³/mol. The van der Waals surface area contributed by atoms with Crippen molar-refractivity contribution in [2.24, 2.45) is 4.99 Å². The van der Waals surface area contributed by atoms with Crippen molar-refractivity contribution in [1.29, 1.82) is 0 Å². The highest BCUT2D eigenvalue weighted by molar-refractivity contribution is 6.08. The lowest BCUT2D eigenvalue weighted by molar-refractivity contribution is -0.139. The van der Waals surface area contributed by atoms with Gasteiger partial charge in [-0.15, -0.1) is 0 Å². The zero-order valence-electron chi connectivity index (χ0n) is 16.4. The normalized spacial score (nSPS) is 21.6. The van der Waals surface area contributed by atoms with E-state index in [0.717, 1.165) is 11.4 Å². The van der Waals surface area contributed by atoms with Crippen molar-refractivity contribution in [3.63, 3.8) is 0 Å². The third-order valence-corrected chi connectivity index (χ3v) is 6.16. The Morgan fingerprint density at radius 2 is 1.93 bits per heavy atom. The highest BCUT2D eigenvalue weighted by atomic mass is 16.2. The van der Waals surface area contributed by atoms with Crippen LogP contribution in [0.4, 0.5) is 0 Å². The highest BCUT2D eigenvalue weighted by Crippen LogP contribution is 2.32. The van der Waals surface area contributed by atoms with Crippen molar-refractivity contribution in [3.05, 3.63) is 35.4 Å². The lowest BCUT2D eigenvalue weighted by atomic mass is 9.87. The van der Waals surface area contributed by atoms with Crippen LogP contribution in [0.15, 0.2) is 29.3 Å². The van der Waals surface area contributed by atoms with E-state index in [2.05, 4.69) is 10.3 Å². The largest absolute Gasteiger partial charge is 0.341 e. The van der Waals surface area contributed by atoms with Gasteiger partial charge in [0.05, 0.1) is 0 Å². The summed E-state index contributed by atoms with van der Waals surface area (Å²) < 4.78 is 0. The number of piperidine rings is 1. The quantitative estimate of drug-likeness (QED) is 0.861. The van der Waals surface area contributed by atoms with Crippen LogP contribution in [0.1, 0.15) is 55.5 Å². The number of aliphatic imine (C=N–C) groups is 1. The first kappa shape index (κ1) is 18.7. The molecule has 1 aromatic rings. The molecule has 1 atom stereocenters. The first-order chi connectivity index (χ1) is 13.5. The fourth-order valence-corrected chi connectivity index (χ4v) is 4.46. The molecule has 0 bridgehead atoms. The van der Waals surface area contributed by atoms with Gasteiger partial charge in [-0.3, -0.25) is 19.4 Å². The highest BCUT2D eigenvalue weighted by Gasteiger charge is 2.47. The number of amides is 3. The van der Waals surface area contributed by atoms with E-state index in [1.807, 2.05) is 38.1 Å². The predicted octanol–water partition coefficient (Wildman–Crippen LogP) is 1.72. The maximum absolute atomic E-state index is 13.2. The Bertz CT molecular complexity index is 855. The van der Waals surface area contributed by atoms with E-state index < -0.39 is 11.6 Å². The summed E-state index contributed by atoms with van der Waals surface area (Å²) in [7, 11) is 0. The number of likely N-dealkylation sites (tertiary alicyclic amines) is 1. The smallest absolute Gasteiger partial charge is 0.255 e.